The quantitative estimate of drug-likeness (QED) is 0.554. The smallest absolute Gasteiger partial charge is 0.255 e. The number of hydrogen-bond donors (Lipinski definition) is 2. The molecule has 0 aliphatic rings. The molecule has 0 spiro atoms. The number of hydrogen-bond acceptors (Lipinski definition) is 7. The highest BCUT2D eigenvalue weighted by Gasteiger charge is 2.10. The van der Waals surface area contributed by atoms with Gasteiger partial charge >= 0.3 is 0 Å². The third-order valence-corrected chi connectivity index (χ3v) is 3.95. The van der Waals surface area contributed by atoms with E-state index in [0.717, 1.165) is 11.3 Å². The lowest BCUT2D eigenvalue weighted by Gasteiger charge is -2.09. The van der Waals surface area contributed by atoms with Gasteiger partial charge in [-0.3, -0.25) is 4.79 Å². The Bertz CT molecular complexity index is 1110. The Morgan fingerprint density at radius 2 is 1.75 bits per heavy atom. The third-order valence-electron chi connectivity index (χ3n) is 3.95. The van der Waals surface area contributed by atoms with Gasteiger partial charge in [-0.05, 0) is 46.8 Å². The minimum atomic E-state index is -0.231. The molecular formula is C19H16N8O. The molecule has 0 bridgehead atoms. The van der Waals surface area contributed by atoms with Crippen LogP contribution in [0.2, 0.25) is 0 Å². The molecule has 2 aromatic carbocycles. The normalized spacial score (nSPS) is 10.5. The number of aryl methyl sites for hydroxylation is 1. The number of aromatic nitrogens is 6. The maximum absolute atomic E-state index is 12.7. The fourth-order valence-electron chi connectivity index (χ4n) is 2.64. The van der Waals surface area contributed by atoms with Crippen LogP contribution < -0.4 is 10.6 Å². The average molecular weight is 372 g/mol. The van der Waals surface area contributed by atoms with Gasteiger partial charge in [-0.15, -0.1) is 5.10 Å². The standard InChI is InChI=1S/C19H16N8O/c1-27-17(24-25-26-27)13-5-2-7-15(11-13)22-18(28)14-6-3-8-16(12-14)23-19-20-9-4-10-21-19/h2-12H,1H3,(H,22,28)(H,20,21,23). The first kappa shape index (κ1) is 17.3. The molecule has 0 unspecified atom stereocenters. The number of nitrogens with one attached hydrogen (secondary N) is 2. The highest BCUT2D eigenvalue weighted by Crippen LogP contribution is 2.21. The molecule has 0 saturated carbocycles. The van der Waals surface area contributed by atoms with Gasteiger partial charge in [-0.25, -0.2) is 14.6 Å². The van der Waals surface area contributed by atoms with Crippen molar-refractivity contribution in [3.05, 3.63) is 72.6 Å². The van der Waals surface area contributed by atoms with Gasteiger partial charge in [0.15, 0.2) is 5.82 Å². The van der Waals surface area contributed by atoms with Gasteiger partial charge in [0.05, 0.1) is 0 Å². The summed E-state index contributed by atoms with van der Waals surface area (Å²) in [6.45, 7) is 0. The second-order valence-electron chi connectivity index (χ2n) is 5.94. The molecule has 1 amide bonds. The molecule has 0 saturated heterocycles. The number of anilines is 3. The van der Waals surface area contributed by atoms with E-state index in [1.165, 1.54) is 0 Å². The first-order valence-corrected chi connectivity index (χ1v) is 8.47. The zero-order chi connectivity index (χ0) is 19.3. The van der Waals surface area contributed by atoms with Crippen LogP contribution in [0.1, 0.15) is 10.4 Å². The lowest BCUT2D eigenvalue weighted by atomic mass is 10.1. The van der Waals surface area contributed by atoms with Gasteiger partial charge in [0.25, 0.3) is 5.91 Å². The van der Waals surface area contributed by atoms with E-state index in [-0.39, 0.29) is 5.91 Å². The summed E-state index contributed by atoms with van der Waals surface area (Å²) in [5, 5.41) is 17.4. The Morgan fingerprint density at radius 1 is 0.964 bits per heavy atom. The van der Waals surface area contributed by atoms with Crippen LogP contribution in [0.15, 0.2) is 67.0 Å². The van der Waals surface area contributed by atoms with E-state index >= 15 is 0 Å². The Kier molecular flexibility index (Phi) is 4.70. The third kappa shape index (κ3) is 3.83. The topological polar surface area (TPSA) is 111 Å². The van der Waals surface area contributed by atoms with Crippen molar-refractivity contribution in [2.24, 2.45) is 7.05 Å². The fourth-order valence-corrected chi connectivity index (χ4v) is 2.64. The van der Waals surface area contributed by atoms with Crippen LogP contribution in [0.25, 0.3) is 11.4 Å². The predicted molar refractivity (Wildman–Crippen MR) is 104 cm³/mol. The highest BCUT2D eigenvalue weighted by atomic mass is 16.1. The number of nitrogens with zero attached hydrogens (tertiary/aromatic N) is 6. The van der Waals surface area contributed by atoms with Crippen molar-refractivity contribution in [1.29, 1.82) is 0 Å². The minimum Gasteiger partial charge on any atom is -0.324 e. The second kappa shape index (κ2) is 7.62. The van der Waals surface area contributed by atoms with Gasteiger partial charge < -0.3 is 10.6 Å². The maximum atomic E-state index is 12.7. The Balaban J connectivity index is 1.51. The summed E-state index contributed by atoms with van der Waals surface area (Å²) in [5.74, 6) is 0.848. The molecule has 0 aliphatic heterocycles. The lowest BCUT2D eigenvalue weighted by molar-refractivity contribution is 0.102. The monoisotopic (exact) mass is 372 g/mol. The average Bonchev–Trinajstić information content (AvgIpc) is 3.15. The summed E-state index contributed by atoms with van der Waals surface area (Å²) >= 11 is 0. The zero-order valence-corrected chi connectivity index (χ0v) is 14.9. The molecule has 2 heterocycles. The minimum absolute atomic E-state index is 0.231. The Labute approximate surface area is 160 Å². The van der Waals surface area contributed by atoms with Crippen molar-refractivity contribution in [2.45, 2.75) is 0 Å². The van der Waals surface area contributed by atoms with Crippen molar-refractivity contribution >= 4 is 23.2 Å². The number of rotatable bonds is 5. The van der Waals surface area contributed by atoms with Crippen molar-refractivity contribution < 1.29 is 4.79 Å². The molecule has 0 aliphatic carbocycles. The van der Waals surface area contributed by atoms with Gasteiger partial charge in [-0.1, -0.05) is 18.2 Å². The van der Waals surface area contributed by atoms with Crippen LogP contribution >= 0.6 is 0 Å². The van der Waals surface area contributed by atoms with E-state index in [4.69, 9.17) is 0 Å². The molecule has 2 N–H and O–H groups in total. The van der Waals surface area contributed by atoms with E-state index in [2.05, 4.69) is 36.1 Å². The van der Waals surface area contributed by atoms with Crippen LogP contribution in [0, 0.1) is 0 Å². The van der Waals surface area contributed by atoms with Crippen LogP contribution in [0.4, 0.5) is 17.3 Å². The molecule has 0 fully saturated rings. The summed E-state index contributed by atoms with van der Waals surface area (Å²) < 4.78 is 1.57. The zero-order valence-electron chi connectivity index (χ0n) is 14.9. The molecule has 0 atom stereocenters. The molecule has 4 aromatic rings. The van der Waals surface area contributed by atoms with E-state index < -0.39 is 0 Å². The highest BCUT2D eigenvalue weighted by molar-refractivity contribution is 6.05. The molecule has 9 nitrogen and oxygen atoms in total. The van der Waals surface area contributed by atoms with Crippen molar-refractivity contribution in [3.8, 4) is 11.4 Å². The van der Waals surface area contributed by atoms with Crippen molar-refractivity contribution in [3.63, 3.8) is 0 Å². The SMILES string of the molecule is Cn1nnnc1-c1cccc(NC(=O)c2cccc(Nc3ncccn3)c2)c1. The van der Waals surface area contributed by atoms with Crippen molar-refractivity contribution in [1.82, 2.24) is 30.2 Å². The summed E-state index contributed by atoms with van der Waals surface area (Å²) in [6.07, 6.45) is 3.29. The Morgan fingerprint density at radius 3 is 2.54 bits per heavy atom. The maximum Gasteiger partial charge on any atom is 0.255 e. The van der Waals surface area contributed by atoms with E-state index in [9.17, 15) is 4.79 Å². The summed E-state index contributed by atoms with van der Waals surface area (Å²) in [6, 6.07) is 16.2. The molecule has 0 radical (unpaired) electrons. The number of carbonyl (C=O) groups excluding carboxylic acids is 1. The van der Waals surface area contributed by atoms with Crippen LogP contribution in [0.5, 0.6) is 0 Å². The molecular weight excluding hydrogens is 356 g/mol. The summed E-state index contributed by atoms with van der Waals surface area (Å²) in [5.41, 5.74) is 2.68. The number of benzene rings is 2. The van der Waals surface area contributed by atoms with Crippen LogP contribution in [-0.2, 0) is 7.05 Å². The van der Waals surface area contributed by atoms with E-state index in [0.29, 0.717) is 23.0 Å². The molecule has 28 heavy (non-hydrogen) atoms. The number of tetrazole rings is 1. The fraction of sp³-hybridized carbons (Fsp3) is 0.0526. The van der Waals surface area contributed by atoms with Gasteiger partial charge in [-0.2, -0.15) is 0 Å². The first-order valence-electron chi connectivity index (χ1n) is 8.47. The molecule has 138 valence electrons. The molecule has 4 rings (SSSR count). The van der Waals surface area contributed by atoms with E-state index in [1.807, 2.05) is 30.3 Å². The molecule has 9 heteroatoms. The summed E-state index contributed by atoms with van der Waals surface area (Å²) in [7, 11) is 1.76. The van der Waals surface area contributed by atoms with Crippen LogP contribution in [-0.4, -0.2) is 36.1 Å². The largest absolute Gasteiger partial charge is 0.324 e. The lowest BCUT2D eigenvalue weighted by Crippen LogP contribution is -2.12. The van der Waals surface area contributed by atoms with Gasteiger partial charge in [0.1, 0.15) is 0 Å². The first-order chi connectivity index (χ1) is 13.7. The van der Waals surface area contributed by atoms with Gasteiger partial charge in [0.2, 0.25) is 5.95 Å². The van der Waals surface area contributed by atoms with Crippen molar-refractivity contribution in [2.75, 3.05) is 10.6 Å². The van der Waals surface area contributed by atoms with Crippen LogP contribution in [0.3, 0.4) is 0 Å². The van der Waals surface area contributed by atoms with Gasteiger partial charge in [0, 0.05) is 41.9 Å². The second-order valence-corrected chi connectivity index (χ2v) is 5.94. The summed E-state index contributed by atoms with van der Waals surface area (Å²) in [4.78, 5) is 20.9. The predicted octanol–water partition coefficient (Wildman–Crippen LogP) is 2.66. The Hall–Kier alpha value is -4.14. The molecule has 2 aromatic heterocycles. The van der Waals surface area contributed by atoms with E-state index in [1.54, 1.807) is 48.4 Å². The number of amides is 1. The number of carbonyl (C=O) groups is 1.